The second-order valence-corrected chi connectivity index (χ2v) is 6.04. The van der Waals surface area contributed by atoms with E-state index in [4.69, 9.17) is 19.2 Å². The first-order valence-corrected chi connectivity index (χ1v) is 7.31. The largest absolute Gasteiger partial charge is 0.497 e. The lowest BCUT2D eigenvalue weighted by atomic mass is 9.97. The number of aromatic nitrogens is 1. The minimum absolute atomic E-state index is 0.166. The van der Waals surface area contributed by atoms with E-state index in [-0.39, 0.29) is 17.0 Å². The van der Waals surface area contributed by atoms with Gasteiger partial charge in [0.25, 0.3) is 5.88 Å². The van der Waals surface area contributed by atoms with Gasteiger partial charge in [0.05, 0.1) is 20.4 Å². The molecule has 0 aliphatic heterocycles. The summed E-state index contributed by atoms with van der Waals surface area (Å²) in [6.07, 6.45) is 1.57. The highest BCUT2D eigenvalue weighted by Gasteiger charge is 2.23. The molecule has 0 amide bonds. The molecule has 1 heterocycles. The fourth-order valence-corrected chi connectivity index (χ4v) is 1.88. The molecular formula is C17H20N4O3. The van der Waals surface area contributed by atoms with Crippen molar-refractivity contribution >= 4 is 12.1 Å². The summed E-state index contributed by atoms with van der Waals surface area (Å²) < 4.78 is 16.0. The van der Waals surface area contributed by atoms with E-state index < -0.39 is 0 Å². The van der Waals surface area contributed by atoms with Gasteiger partial charge in [-0.2, -0.15) is 15.3 Å². The number of anilines is 1. The van der Waals surface area contributed by atoms with Gasteiger partial charge in [-0.1, -0.05) is 20.8 Å². The molecule has 0 radical (unpaired) electrons. The average Bonchev–Trinajstić information content (AvgIpc) is 2.98. The SMILES string of the molecule is COc1ccc(C=NNc2oc(C(C)(C)C)nc2C#N)c(OC)c1. The highest BCUT2D eigenvalue weighted by molar-refractivity contribution is 5.84. The van der Waals surface area contributed by atoms with E-state index in [0.29, 0.717) is 17.4 Å². The highest BCUT2D eigenvalue weighted by Crippen LogP contribution is 2.27. The van der Waals surface area contributed by atoms with Crippen LogP contribution in [0.15, 0.2) is 27.7 Å². The summed E-state index contributed by atoms with van der Waals surface area (Å²) in [5.41, 5.74) is 3.33. The van der Waals surface area contributed by atoms with Crippen LogP contribution in [0.4, 0.5) is 5.88 Å². The number of nitrogens with one attached hydrogen (secondary N) is 1. The average molecular weight is 328 g/mol. The minimum atomic E-state index is -0.297. The van der Waals surface area contributed by atoms with Gasteiger partial charge in [-0.3, -0.25) is 0 Å². The van der Waals surface area contributed by atoms with Gasteiger partial charge in [0.1, 0.15) is 17.6 Å². The van der Waals surface area contributed by atoms with Crippen LogP contribution in [0.3, 0.4) is 0 Å². The number of hydrazone groups is 1. The maximum atomic E-state index is 9.16. The lowest BCUT2D eigenvalue weighted by Gasteiger charge is -2.11. The molecule has 0 saturated heterocycles. The standard InChI is InChI=1S/C17H20N4O3/c1-17(2,3)16-20-13(9-18)15(24-16)21-19-10-11-6-7-12(22-4)8-14(11)23-5/h6-8,10,21H,1-5H3. The fourth-order valence-electron chi connectivity index (χ4n) is 1.88. The van der Waals surface area contributed by atoms with E-state index in [1.54, 1.807) is 32.6 Å². The van der Waals surface area contributed by atoms with Crippen LogP contribution in [0, 0.1) is 11.3 Å². The van der Waals surface area contributed by atoms with Crippen molar-refractivity contribution in [2.24, 2.45) is 5.10 Å². The van der Waals surface area contributed by atoms with Gasteiger partial charge >= 0.3 is 0 Å². The fraction of sp³-hybridized carbons (Fsp3) is 0.353. The maximum Gasteiger partial charge on any atom is 0.252 e. The lowest BCUT2D eigenvalue weighted by Crippen LogP contribution is -2.11. The van der Waals surface area contributed by atoms with Gasteiger partial charge in [-0.25, -0.2) is 5.43 Å². The number of nitrogens with zero attached hydrogens (tertiary/aromatic N) is 3. The second-order valence-electron chi connectivity index (χ2n) is 6.04. The Morgan fingerprint density at radius 3 is 2.62 bits per heavy atom. The molecule has 24 heavy (non-hydrogen) atoms. The smallest absolute Gasteiger partial charge is 0.252 e. The van der Waals surface area contributed by atoms with E-state index in [1.807, 2.05) is 32.9 Å². The predicted molar refractivity (Wildman–Crippen MR) is 90.7 cm³/mol. The molecule has 1 aromatic heterocycles. The summed E-state index contributed by atoms with van der Waals surface area (Å²) in [5.74, 6) is 1.99. The Balaban J connectivity index is 2.21. The number of methoxy groups -OCH3 is 2. The molecule has 7 nitrogen and oxygen atoms in total. The summed E-state index contributed by atoms with van der Waals surface area (Å²) in [5, 5.41) is 13.3. The van der Waals surface area contributed by atoms with Crippen molar-refractivity contribution in [1.29, 1.82) is 5.26 Å². The van der Waals surface area contributed by atoms with Crippen molar-refractivity contribution in [3.05, 3.63) is 35.3 Å². The summed E-state index contributed by atoms with van der Waals surface area (Å²) in [7, 11) is 3.16. The van der Waals surface area contributed by atoms with Crippen molar-refractivity contribution in [2.75, 3.05) is 19.6 Å². The minimum Gasteiger partial charge on any atom is -0.497 e. The maximum absolute atomic E-state index is 9.16. The van der Waals surface area contributed by atoms with Crippen LogP contribution in [-0.4, -0.2) is 25.4 Å². The van der Waals surface area contributed by atoms with Gasteiger partial charge < -0.3 is 13.9 Å². The zero-order chi connectivity index (χ0) is 17.7. The Morgan fingerprint density at radius 2 is 2.04 bits per heavy atom. The molecule has 2 rings (SSSR count). The number of ether oxygens (including phenoxy) is 2. The number of benzene rings is 1. The molecular weight excluding hydrogens is 308 g/mol. The molecule has 1 N–H and O–H groups in total. The molecule has 0 atom stereocenters. The van der Waals surface area contributed by atoms with Crippen molar-refractivity contribution in [3.8, 4) is 17.6 Å². The molecule has 7 heteroatoms. The lowest BCUT2D eigenvalue weighted by molar-refractivity contribution is 0.394. The number of rotatable bonds is 5. The topological polar surface area (TPSA) is 92.7 Å². The third-order valence-electron chi connectivity index (χ3n) is 3.19. The summed E-state index contributed by atoms with van der Waals surface area (Å²) in [6, 6.07) is 7.37. The number of oxazole rings is 1. The molecule has 0 bridgehead atoms. The van der Waals surface area contributed by atoms with Gasteiger partial charge in [-0.05, 0) is 12.1 Å². The van der Waals surface area contributed by atoms with Crippen molar-refractivity contribution in [3.63, 3.8) is 0 Å². The third kappa shape index (κ3) is 3.84. The Kier molecular flexibility index (Phi) is 5.09. The van der Waals surface area contributed by atoms with Crippen LogP contribution in [0.5, 0.6) is 11.5 Å². The Bertz CT molecular complexity index is 782. The molecule has 1 aromatic carbocycles. The zero-order valence-corrected chi connectivity index (χ0v) is 14.4. The first-order chi connectivity index (χ1) is 11.4. The number of hydrogen-bond donors (Lipinski definition) is 1. The van der Waals surface area contributed by atoms with Crippen LogP contribution in [0.2, 0.25) is 0 Å². The zero-order valence-electron chi connectivity index (χ0n) is 14.4. The van der Waals surface area contributed by atoms with Gasteiger partial charge in [0.2, 0.25) is 11.6 Å². The van der Waals surface area contributed by atoms with E-state index >= 15 is 0 Å². The molecule has 0 aliphatic carbocycles. The van der Waals surface area contributed by atoms with Crippen molar-refractivity contribution < 1.29 is 13.9 Å². The normalized spacial score (nSPS) is 11.3. The Labute approximate surface area is 140 Å². The predicted octanol–water partition coefficient (Wildman–Crippen LogP) is 3.31. The van der Waals surface area contributed by atoms with Crippen molar-refractivity contribution in [1.82, 2.24) is 4.98 Å². The van der Waals surface area contributed by atoms with Crippen LogP contribution in [-0.2, 0) is 5.41 Å². The van der Waals surface area contributed by atoms with Gasteiger partial charge in [0.15, 0.2) is 0 Å². The van der Waals surface area contributed by atoms with Crippen LogP contribution in [0.25, 0.3) is 0 Å². The van der Waals surface area contributed by atoms with E-state index in [2.05, 4.69) is 15.5 Å². The Hall–Kier alpha value is -3.01. The Morgan fingerprint density at radius 1 is 1.29 bits per heavy atom. The summed E-state index contributed by atoms with van der Waals surface area (Å²) in [4.78, 5) is 4.18. The van der Waals surface area contributed by atoms with Gasteiger partial charge in [0, 0.05) is 17.0 Å². The quantitative estimate of drug-likeness (QED) is 0.668. The second kappa shape index (κ2) is 7.04. The monoisotopic (exact) mass is 328 g/mol. The summed E-state index contributed by atoms with van der Waals surface area (Å²) >= 11 is 0. The molecule has 0 saturated carbocycles. The molecule has 0 spiro atoms. The van der Waals surface area contributed by atoms with Crippen LogP contribution >= 0.6 is 0 Å². The van der Waals surface area contributed by atoms with E-state index in [1.165, 1.54) is 0 Å². The summed E-state index contributed by atoms with van der Waals surface area (Å²) in [6.45, 7) is 5.86. The molecule has 126 valence electrons. The first-order valence-electron chi connectivity index (χ1n) is 7.31. The highest BCUT2D eigenvalue weighted by atomic mass is 16.5. The molecule has 0 fully saturated rings. The molecule has 2 aromatic rings. The van der Waals surface area contributed by atoms with Gasteiger partial charge in [-0.15, -0.1) is 0 Å². The number of nitriles is 1. The molecule has 0 aliphatic rings. The van der Waals surface area contributed by atoms with Crippen molar-refractivity contribution in [2.45, 2.75) is 26.2 Å². The van der Waals surface area contributed by atoms with E-state index in [9.17, 15) is 0 Å². The first kappa shape index (κ1) is 17.3. The molecule has 0 unspecified atom stereocenters. The van der Waals surface area contributed by atoms with Crippen LogP contribution in [0.1, 0.15) is 37.9 Å². The number of hydrogen-bond acceptors (Lipinski definition) is 7. The van der Waals surface area contributed by atoms with E-state index in [0.717, 1.165) is 5.56 Å². The van der Waals surface area contributed by atoms with Crippen LogP contribution < -0.4 is 14.9 Å². The third-order valence-corrected chi connectivity index (χ3v) is 3.19.